The van der Waals surface area contributed by atoms with Gasteiger partial charge in [-0.3, -0.25) is 4.79 Å². The molecule has 2 fully saturated rings. The third-order valence-electron chi connectivity index (χ3n) is 9.59. The Bertz CT molecular complexity index is 1680. The summed E-state index contributed by atoms with van der Waals surface area (Å²) >= 11 is 0. The van der Waals surface area contributed by atoms with Gasteiger partial charge in [0.25, 0.3) is 0 Å². The Morgan fingerprint density at radius 1 is 0.854 bits per heavy atom. The molecule has 1 amide bonds. The summed E-state index contributed by atoms with van der Waals surface area (Å²) in [6, 6.07) is 27.1. The summed E-state index contributed by atoms with van der Waals surface area (Å²) in [4.78, 5) is 15.2. The number of amides is 1. The summed E-state index contributed by atoms with van der Waals surface area (Å²) < 4.78 is 19.0. The Hall–Kier alpha value is -4.16. The van der Waals surface area contributed by atoms with E-state index in [9.17, 15) is 39.8 Å². The van der Waals surface area contributed by atoms with Crippen LogP contribution in [0.3, 0.4) is 0 Å². The van der Waals surface area contributed by atoms with E-state index in [1.807, 2.05) is 42.5 Å². The first kappa shape index (κ1) is 33.7. The first-order valence-corrected chi connectivity index (χ1v) is 16.2. The SMILES string of the molecule is O=C1C[C@@H](CCC[C@H](O)c2ccc(F)cc2)[C@@H](c2ccc(-c3ccc(C4O[C@H](CO)[C@@H](O)[C@H](O)[C@H]4O)cc3)cc2O)N1c1ccccc1. The van der Waals surface area contributed by atoms with Crippen molar-refractivity contribution in [2.24, 2.45) is 5.92 Å². The van der Waals surface area contributed by atoms with Crippen LogP contribution >= 0.6 is 0 Å². The van der Waals surface area contributed by atoms with Crippen LogP contribution in [-0.2, 0) is 9.53 Å². The molecule has 0 saturated carbocycles. The maximum Gasteiger partial charge on any atom is 0.227 e. The Labute approximate surface area is 278 Å². The molecule has 252 valence electrons. The van der Waals surface area contributed by atoms with Crippen molar-refractivity contribution in [2.75, 3.05) is 11.5 Å². The number of anilines is 1. The van der Waals surface area contributed by atoms with E-state index in [0.29, 0.717) is 41.5 Å². The minimum Gasteiger partial charge on any atom is -0.508 e. The molecule has 6 rings (SSSR count). The third kappa shape index (κ3) is 6.86. The smallest absolute Gasteiger partial charge is 0.227 e. The largest absolute Gasteiger partial charge is 0.508 e. The molecule has 2 aliphatic heterocycles. The fraction of sp³-hybridized carbons (Fsp3) is 0.342. The highest BCUT2D eigenvalue weighted by Gasteiger charge is 2.44. The monoisotopic (exact) mass is 657 g/mol. The fourth-order valence-corrected chi connectivity index (χ4v) is 6.99. The lowest BCUT2D eigenvalue weighted by Crippen LogP contribution is -2.55. The van der Waals surface area contributed by atoms with Gasteiger partial charge in [-0.15, -0.1) is 0 Å². The number of rotatable bonds is 10. The maximum atomic E-state index is 13.5. The minimum atomic E-state index is -1.48. The van der Waals surface area contributed by atoms with Gasteiger partial charge in [-0.1, -0.05) is 73.2 Å². The number of hydrogen-bond acceptors (Lipinski definition) is 8. The van der Waals surface area contributed by atoms with Gasteiger partial charge in [0.15, 0.2) is 0 Å². The van der Waals surface area contributed by atoms with Crippen molar-refractivity contribution in [1.29, 1.82) is 0 Å². The zero-order valence-electron chi connectivity index (χ0n) is 26.2. The van der Waals surface area contributed by atoms with Crippen LogP contribution in [0.5, 0.6) is 5.75 Å². The van der Waals surface area contributed by atoms with E-state index in [2.05, 4.69) is 0 Å². The van der Waals surface area contributed by atoms with Gasteiger partial charge < -0.3 is 40.3 Å². The lowest BCUT2D eigenvalue weighted by atomic mass is 9.87. The molecule has 6 N–H and O–H groups in total. The van der Waals surface area contributed by atoms with E-state index < -0.39 is 49.3 Å². The number of benzene rings is 4. The first-order valence-electron chi connectivity index (χ1n) is 16.2. The summed E-state index contributed by atoms with van der Waals surface area (Å²) in [5, 5.41) is 62.5. The molecule has 0 aromatic heterocycles. The van der Waals surface area contributed by atoms with Crippen LogP contribution in [0.2, 0.25) is 0 Å². The number of aromatic hydroxyl groups is 1. The molecule has 4 aromatic rings. The van der Waals surface area contributed by atoms with Crippen LogP contribution in [-0.4, -0.2) is 67.6 Å². The molecule has 1 unspecified atom stereocenters. The zero-order chi connectivity index (χ0) is 33.9. The second-order valence-electron chi connectivity index (χ2n) is 12.7. The molecule has 0 radical (unpaired) electrons. The quantitative estimate of drug-likeness (QED) is 0.144. The van der Waals surface area contributed by atoms with E-state index in [-0.39, 0.29) is 29.8 Å². The molecule has 2 saturated heterocycles. The number of halogens is 1. The molecule has 0 bridgehead atoms. The minimum absolute atomic E-state index is 0.0301. The molecule has 2 heterocycles. The second kappa shape index (κ2) is 14.5. The second-order valence-corrected chi connectivity index (χ2v) is 12.7. The Balaban J connectivity index is 1.22. The van der Waals surface area contributed by atoms with Crippen LogP contribution in [0, 0.1) is 11.7 Å². The Morgan fingerprint density at radius 3 is 2.21 bits per heavy atom. The van der Waals surface area contributed by atoms with Crippen LogP contribution in [0.25, 0.3) is 11.1 Å². The fourth-order valence-electron chi connectivity index (χ4n) is 6.99. The number of phenolic OH excluding ortho intramolecular Hbond substituents is 1. The van der Waals surface area contributed by atoms with Gasteiger partial charge in [0, 0.05) is 17.7 Å². The van der Waals surface area contributed by atoms with Crippen molar-refractivity contribution in [3.63, 3.8) is 0 Å². The van der Waals surface area contributed by atoms with E-state index >= 15 is 0 Å². The predicted molar refractivity (Wildman–Crippen MR) is 176 cm³/mol. The average Bonchev–Trinajstić information content (AvgIpc) is 3.43. The van der Waals surface area contributed by atoms with Crippen molar-refractivity contribution in [3.05, 3.63) is 120 Å². The van der Waals surface area contributed by atoms with Crippen molar-refractivity contribution >= 4 is 11.6 Å². The van der Waals surface area contributed by atoms with Crippen molar-refractivity contribution in [3.8, 4) is 16.9 Å². The summed E-state index contributed by atoms with van der Waals surface area (Å²) in [6.07, 6.45) is -5.07. The molecule has 0 aliphatic carbocycles. The van der Waals surface area contributed by atoms with Gasteiger partial charge in [0.1, 0.15) is 42.1 Å². The Kier molecular flexibility index (Phi) is 10.2. The van der Waals surface area contributed by atoms with Crippen LogP contribution in [0.15, 0.2) is 97.1 Å². The molecule has 2 aliphatic rings. The topological polar surface area (TPSA) is 151 Å². The third-order valence-corrected chi connectivity index (χ3v) is 9.59. The number of para-hydroxylation sites is 1. The standard InChI is InChI=1S/C38H40FNO8/c39-27-16-13-23(14-17-27)30(42)8-4-5-26-20-33(44)40(28-6-2-1-3-7-28)34(26)29-18-15-25(19-31(29)43)22-9-11-24(12-10-22)38-37(47)36(46)35(45)32(21-41)48-38/h1-3,6-7,9-19,26,30,32,34-38,41-43,45-47H,4-5,8,20-21H2/t26-,30+,32-,34+,35-,36+,37-,38?/m1/s1. The van der Waals surface area contributed by atoms with Gasteiger partial charge >= 0.3 is 0 Å². The Morgan fingerprint density at radius 2 is 1.54 bits per heavy atom. The highest BCUT2D eigenvalue weighted by molar-refractivity contribution is 5.97. The van der Waals surface area contributed by atoms with E-state index in [1.165, 1.54) is 12.1 Å². The first-order chi connectivity index (χ1) is 23.2. The summed E-state index contributed by atoms with van der Waals surface area (Å²) in [6.45, 7) is -0.516. The van der Waals surface area contributed by atoms with Crippen LogP contribution in [0.4, 0.5) is 10.1 Å². The molecule has 10 heteroatoms. The van der Waals surface area contributed by atoms with Gasteiger partial charge in [0.05, 0.1) is 18.8 Å². The number of nitrogens with zero attached hydrogens (tertiary/aromatic N) is 1. The number of hydrogen-bond donors (Lipinski definition) is 6. The highest BCUT2D eigenvalue weighted by Crippen LogP contribution is 2.47. The normalized spacial score (nSPS) is 26.5. The predicted octanol–water partition coefficient (Wildman–Crippen LogP) is 4.71. The molecule has 0 spiro atoms. The zero-order valence-corrected chi connectivity index (χ0v) is 26.2. The van der Waals surface area contributed by atoms with E-state index in [4.69, 9.17) is 4.74 Å². The van der Waals surface area contributed by atoms with Crippen molar-refractivity contribution in [2.45, 2.75) is 68.3 Å². The summed E-state index contributed by atoms with van der Waals surface area (Å²) in [7, 11) is 0. The average molecular weight is 658 g/mol. The number of carbonyl (C=O) groups is 1. The van der Waals surface area contributed by atoms with E-state index in [0.717, 1.165) is 11.3 Å². The van der Waals surface area contributed by atoms with Crippen LogP contribution in [0.1, 0.15) is 60.6 Å². The lowest BCUT2D eigenvalue weighted by Gasteiger charge is -2.40. The van der Waals surface area contributed by atoms with Gasteiger partial charge in [-0.05, 0) is 71.3 Å². The van der Waals surface area contributed by atoms with Crippen LogP contribution < -0.4 is 4.90 Å². The number of ether oxygens (including phenoxy) is 1. The van der Waals surface area contributed by atoms with Gasteiger partial charge in [-0.25, -0.2) is 4.39 Å². The van der Waals surface area contributed by atoms with E-state index in [1.54, 1.807) is 47.4 Å². The van der Waals surface area contributed by atoms with Gasteiger partial charge in [-0.2, -0.15) is 0 Å². The molecule has 48 heavy (non-hydrogen) atoms. The number of carbonyl (C=O) groups excluding carboxylic acids is 1. The highest BCUT2D eigenvalue weighted by atomic mass is 19.1. The maximum absolute atomic E-state index is 13.5. The van der Waals surface area contributed by atoms with Crippen molar-refractivity contribution in [1.82, 2.24) is 0 Å². The molecular weight excluding hydrogens is 617 g/mol. The number of phenols is 1. The van der Waals surface area contributed by atoms with Gasteiger partial charge in [0.2, 0.25) is 5.91 Å². The number of aliphatic hydroxyl groups is 5. The number of aliphatic hydroxyl groups excluding tert-OH is 5. The molecule has 8 atom stereocenters. The molecular formula is C38H40FNO8. The summed E-state index contributed by atoms with van der Waals surface area (Å²) in [5.41, 5.74) is 4.00. The molecule has 9 nitrogen and oxygen atoms in total. The van der Waals surface area contributed by atoms with Crippen molar-refractivity contribution < 1.29 is 44.6 Å². The summed E-state index contributed by atoms with van der Waals surface area (Å²) in [5.74, 6) is -0.520. The molecule has 4 aromatic carbocycles. The lowest BCUT2D eigenvalue weighted by molar-refractivity contribution is -0.231.